The predicted molar refractivity (Wildman–Crippen MR) is 156 cm³/mol. The molecule has 13 heteroatoms. The van der Waals surface area contributed by atoms with Gasteiger partial charge in [-0.1, -0.05) is 48.0 Å². The molecule has 0 aliphatic heterocycles. The van der Waals surface area contributed by atoms with Crippen molar-refractivity contribution in [3.8, 4) is 11.4 Å². The average Bonchev–Trinajstić information content (AvgIpc) is 3.01. The number of nitrogens with one attached hydrogen (secondary N) is 1. The highest BCUT2D eigenvalue weighted by Gasteiger charge is 2.22. The van der Waals surface area contributed by atoms with Crippen molar-refractivity contribution >= 4 is 28.3 Å². The molecule has 226 valence electrons. The Morgan fingerprint density at radius 1 is 1.05 bits per heavy atom. The molecule has 1 N–H and O–H groups in total. The van der Waals surface area contributed by atoms with E-state index in [1.807, 2.05) is 36.4 Å². The number of aryl methyl sites for hydroxylation is 2. The number of hydroxylamine groups is 2. The van der Waals surface area contributed by atoms with E-state index in [0.717, 1.165) is 17.0 Å². The van der Waals surface area contributed by atoms with Crippen molar-refractivity contribution in [1.82, 2.24) is 14.5 Å². The number of ether oxygens (including phenoxy) is 1. The Balaban J connectivity index is 1.31. The number of hydrogen-bond acceptors (Lipinski definition) is 8. The Morgan fingerprint density at radius 2 is 1.80 bits per heavy atom. The van der Waals surface area contributed by atoms with Gasteiger partial charge in [0.05, 0.1) is 11.9 Å². The van der Waals surface area contributed by atoms with Crippen LogP contribution in [0.25, 0.3) is 16.5 Å². The third-order valence-corrected chi connectivity index (χ3v) is 7.25. The highest BCUT2D eigenvalue weighted by Crippen LogP contribution is 2.26. The van der Waals surface area contributed by atoms with Crippen LogP contribution in [0.15, 0.2) is 77.9 Å². The Morgan fingerprint density at radius 3 is 2.55 bits per heavy atom. The predicted octanol–water partition coefficient (Wildman–Crippen LogP) is 5.06. The molecule has 3 aromatic heterocycles. The summed E-state index contributed by atoms with van der Waals surface area (Å²) in [5.41, 5.74) is 0.687. The second-order valence-electron chi connectivity index (χ2n) is 9.93. The molecule has 10 nitrogen and oxygen atoms in total. The van der Waals surface area contributed by atoms with Crippen molar-refractivity contribution in [2.75, 3.05) is 0 Å². The molecular weight excluding hydrogens is 598 g/mol. The fraction of sp³-hybridized carbons (Fsp3) is 0.161. The highest BCUT2D eigenvalue weighted by molar-refractivity contribution is 6.31. The van der Waals surface area contributed by atoms with Crippen LogP contribution in [0.5, 0.6) is 5.75 Å². The third kappa shape index (κ3) is 6.43. The van der Waals surface area contributed by atoms with E-state index in [-0.39, 0.29) is 27.8 Å². The maximum Gasteiger partial charge on any atom is 0.397 e. The summed E-state index contributed by atoms with van der Waals surface area (Å²) < 4.78 is 33.9. The number of carbonyl (C=O) groups is 1. The van der Waals surface area contributed by atoms with Gasteiger partial charge in [0.1, 0.15) is 34.9 Å². The van der Waals surface area contributed by atoms with Crippen LogP contribution in [-0.4, -0.2) is 20.5 Å². The number of benzene rings is 2. The van der Waals surface area contributed by atoms with Crippen LogP contribution in [-0.2, 0) is 16.5 Å². The molecule has 0 bridgehead atoms. The van der Waals surface area contributed by atoms with Crippen molar-refractivity contribution in [2.45, 2.75) is 33.4 Å². The van der Waals surface area contributed by atoms with Gasteiger partial charge in [-0.3, -0.25) is 14.3 Å². The van der Waals surface area contributed by atoms with Gasteiger partial charge in [-0.25, -0.2) is 23.4 Å². The molecule has 0 radical (unpaired) electrons. The number of aromatic nitrogens is 3. The normalized spacial score (nSPS) is 12.6. The second kappa shape index (κ2) is 12.9. The lowest BCUT2D eigenvalue weighted by Crippen LogP contribution is -3.06. The number of fused-ring (bicyclic) bond motifs is 1. The Labute approximate surface area is 254 Å². The quantitative estimate of drug-likeness (QED) is 0.179. The molecule has 0 saturated carbocycles. The van der Waals surface area contributed by atoms with Crippen LogP contribution in [0, 0.1) is 30.7 Å². The average molecular weight is 623 g/mol. The zero-order chi connectivity index (χ0) is 31.5. The number of quaternary nitrogens is 1. The zero-order valence-corrected chi connectivity index (χ0v) is 24.4. The summed E-state index contributed by atoms with van der Waals surface area (Å²) in [5.74, 6) is -2.86. The van der Waals surface area contributed by atoms with Crippen LogP contribution >= 0.6 is 11.6 Å². The van der Waals surface area contributed by atoms with E-state index in [1.165, 1.54) is 22.9 Å². The molecule has 0 saturated heterocycles. The molecule has 1 unspecified atom stereocenters. The van der Waals surface area contributed by atoms with Gasteiger partial charge in [-0.2, -0.15) is 5.23 Å². The van der Waals surface area contributed by atoms with Crippen LogP contribution < -0.4 is 15.5 Å². The molecule has 2 aromatic carbocycles. The smallest absolute Gasteiger partial charge is 0.397 e. The second-order valence-corrected chi connectivity index (χ2v) is 10.3. The maximum atomic E-state index is 14.0. The molecule has 0 spiro atoms. The number of halogens is 3. The molecular formula is C31H25ClF2N4O6. The van der Waals surface area contributed by atoms with Crippen LogP contribution in [0.2, 0.25) is 5.02 Å². The summed E-state index contributed by atoms with van der Waals surface area (Å²) in [7, 11) is 0. The summed E-state index contributed by atoms with van der Waals surface area (Å²) in [6.45, 7) is 4.48. The topological polar surface area (TPSA) is 120 Å². The molecule has 5 aromatic rings. The number of hydrogen-bond donors (Lipinski definition) is 1. The van der Waals surface area contributed by atoms with Crippen LogP contribution in [0.1, 0.15) is 46.0 Å². The van der Waals surface area contributed by atoms with Crippen molar-refractivity contribution in [2.24, 2.45) is 0 Å². The summed E-state index contributed by atoms with van der Waals surface area (Å²) >= 11 is 6.31. The molecule has 44 heavy (non-hydrogen) atoms. The minimum Gasteiger partial charge on any atom is -0.596 e. The molecule has 5 rings (SSSR count). The zero-order valence-electron chi connectivity index (χ0n) is 23.6. The fourth-order valence-electron chi connectivity index (χ4n) is 4.45. The number of nitrogens with zero attached hydrogens (tertiary/aromatic N) is 3. The van der Waals surface area contributed by atoms with Crippen molar-refractivity contribution in [3.63, 3.8) is 0 Å². The lowest BCUT2D eigenvalue weighted by atomic mass is 10.0. The van der Waals surface area contributed by atoms with Gasteiger partial charge < -0.3 is 9.94 Å². The van der Waals surface area contributed by atoms with E-state index in [0.29, 0.717) is 22.9 Å². The van der Waals surface area contributed by atoms with E-state index < -0.39 is 41.0 Å². The first-order chi connectivity index (χ1) is 21.0. The van der Waals surface area contributed by atoms with Gasteiger partial charge >= 0.3 is 5.97 Å². The molecule has 2 atom stereocenters. The van der Waals surface area contributed by atoms with Gasteiger partial charge in [-0.15, -0.1) is 0 Å². The summed E-state index contributed by atoms with van der Waals surface area (Å²) in [6.07, 6.45) is 2.19. The van der Waals surface area contributed by atoms with Gasteiger partial charge in [0.15, 0.2) is 11.5 Å². The largest absolute Gasteiger partial charge is 0.596 e. The molecule has 0 amide bonds. The third-order valence-electron chi connectivity index (χ3n) is 6.90. The summed E-state index contributed by atoms with van der Waals surface area (Å²) in [4.78, 5) is 43.4. The van der Waals surface area contributed by atoms with Gasteiger partial charge in [0, 0.05) is 34.6 Å². The first kappa shape index (κ1) is 30.7. The Kier molecular flexibility index (Phi) is 8.97. The number of pyridine rings is 3. The lowest BCUT2D eigenvalue weighted by Gasteiger charge is -2.24. The monoisotopic (exact) mass is 622 g/mol. The first-order valence-corrected chi connectivity index (χ1v) is 13.6. The van der Waals surface area contributed by atoms with E-state index in [2.05, 4.69) is 9.97 Å². The number of carbonyl (C=O) groups excluding carboxylic acids is 1. The summed E-state index contributed by atoms with van der Waals surface area (Å²) in [6, 6.07) is 15.9. The fourth-order valence-corrected chi connectivity index (χ4v) is 4.65. The van der Waals surface area contributed by atoms with Crippen LogP contribution in [0.4, 0.5) is 8.78 Å². The summed E-state index contributed by atoms with van der Waals surface area (Å²) in [5, 5.41) is 13.5. The van der Waals surface area contributed by atoms with Crippen molar-refractivity contribution in [1.29, 1.82) is 0 Å². The Bertz CT molecular complexity index is 1940. The molecule has 0 fully saturated rings. The maximum absolute atomic E-state index is 14.0. The Hall–Kier alpha value is -4.75. The van der Waals surface area contributed by atoms with Gasteiger partial charge in [0.25, 0.3) is 5.56 Å². The molecule has 0 aliphatic carbocycles. The van der Waals surface area contributed by atoms with E-state index >= 15 is 0 Å². The van der Waals surface area contributed by atoms with E-state index in [9.17, 15) is 23.6 Å². The SMILES string of the molecule is Cc1cnc(C(=O)OO[NH+]([O-])[C@@H](C)c2ccc3ccccc3c2)cc1-n1c(C)cc(OCc2ncc(F)cc2F)c(Cl)c1=O. The van der Waals surface area contributed by atoms with Gasteiger partial charge in [-0.05, 0) is 49.2 Å². The molecule has 0 aliphatic rings. The van der Waals surface area contributed by atoms with Gasteiger partial charge in [0.2, 0.25) is 0 Å². The minimum atomic E-state index is -1.06. The van der Waals surface area contributed by atoms with Crippen molar-refractivity contribution < 1.29 is 33.4 Å². The van der Waals surface area contributed by atoms with E-state index in [4.69, 9.17) is 26.2 Å². The number of rotatable bonds is 9. The van der Waals surface area contributed by atoms with Crippen molar-refractivity contribution in [3.05, 3.63) is 133 Å². The van der Waals surface area contributed by atoms with E-state index in [1.54, 1.807) is 26.8 Å². The van der Waals surface area contributed by atoms with Crippen LogP contribution in [0.3, 0.4) is 0 Å². The standard InChI is InChI=1S/C31H25ClF2N4O6/c1-17-14-35-25(31(40)43-44-38(41)19(3)21-9-8-20-6-4-5-7-22(20)11-21)13-27(17)37-18(2)10-28(29(32)30(37)39)42-16-26-24(34)12-23(33)15-36-26/h4-15,19,38H,16H2,1-3H3/t19-/m0/s1. The lowest BCUT2D eigenvalue weighted by molar-refractivity contribution is -1.12. The highest BCUT2D eigenvalue weighted by atomic mass is 35.5. The first-order valence-electron chi connectivity index (χ1n) is 13.3. The molecule has 3 heterocycles. The minimum absolute atomic E-state index is 0.0465.